The molecule has 0 saturated heterocycles. The smallest absolute Gasteiger partial charge is 0.0813 e. The summed E-state index contributed by atoms with van der Waals surface area (Å²) < 4.78 is 1.24. The standard InChI is InChI=1S/C12H15N3S/c13-8-1-2-9(5-8)15-10-3-4-11-12(6-10)16-7-14-11/h3-4,6-9,15H,1-2,5,13H2. The Kier molecular flexibility index (Phi) is 2.53. The maximum Gasteiger partial charge on any atom is 0.0813 e. The number of anilines is 1. The summed E-state index contributed by atoms with van der Waals surface area (Å²) in [4.78, 5) is 4.27. The van der Waals surface area contributed by atoms with Crippen molar-refractivity contribution in [1.29, 1.82) is 0 Å². The Bertz CT molecular complexity index is 494. The van der Waals surface area contributed by atoms with Crippen molar-refractivity contribution < 1.29 is 0 Å². The summed E-state index contributed by atoms with van der Waals surface area (Å²) in [6.45, 7) is 0. The average Bonchev–Trinajstić information content (AvgIpc) is 2.87. The Hall–Kier alpha value is -1.13. The number of aromatic nitrogens is 1. The van der Waals surface area contributed by atoms with E-state index in [2.05, 4.69) is 28.5 Å². The van der Waals surface area contributed by atoms with Crippen LogP contribution in [0.15, 0.2) is 23.7 Å². The van der Waals surface area contributed by atoms with E-state index in [4.69, 9.17) is 5.73 Å². The summed E-state index contributed by atoms with van der Waals surface area (Å²) in [7, 11) is 0. The van der Waals surface area contributed by atoms with E-state index in [-0.39, 0.29) is 0 Å². The molecule has 1 aromatic carbocycles. The predicted molar refractivity (Wildman–Crippen MR) is 68.9 cm³/mol. The van der Waals surface area contributed by atoms with Gasteiger partial charge in [-0.25, -0.2) is 4.98 Å². The van der Waals surface area contributed by atoms with E-state index in [0.717, 1.165) is 18.4 Å². The number of hydrogen-bond donors (Lipinski definition) is 2. The lowest BCUT2D eigenvalue weighted by Gasteiger charge is -2.13. The van der Waals surface area contributed by atoms with E-state index >= 15 is 0 Å². The van der Waals surface area contributed by atoms with Crippen molar-refractivity contribution in [2.75, 3.05) is 5.32 Å². The van der Waals surface area contributed by atoms with Crippen LogP contribution in [0.25, 0.3) is 10.2 Å². The summed E-state index contributed by atoms with van der Waals surface area (Å²) in [6, 6.07) is 7.27. The van der Waals surface area contributed by atoms with Crippen molar-refractivity contribution in [3.8, 4) is 0 Å². The normalized spacial score (nSPS) is 25.1. The molecule has 0 amide bonds. The number of rotatable bonds is 2. The Morgan fingerprint density at radius 1 is 1.38 bits per heavy atom. The SMILES string of the molecule is NC1CCC(Nc2ccc3ncsc3c2)C1. The first-order valence-electron chi connectivity index (χ1n) is 5.66. The van der Waals surface area contributed by atoms with Crippen LogP contribution in [-0.2, 0) is 0 Å². The van der Waals surface area contributed by atoms with Crippen LogP contribution in [0.3, 0.4) is 0 Å². The van der Waals surface area contributed by atoms with Crippen LogP contribution in [-0.4, -0.2) is 17.1 Å². The molecule has 1 fully saturated rings. The van der Waals surface area contributed by atoms with Gasteiger partial charge in [0.25, 0.3) is 0 Å². The van der Waals surface area contributed by atoms with Gasteiger partial charge >= 0.3 is 0 Å². The molecule has 3 nitrogen and oxygen atoms in total. The number of thiazole rings is 1. The Morgan fingerprint density at radius 3 is 3.12 bits per heavy atom. The summed E-state index contributed by atoms with van der Waals surface area (Å²) in [5.74, 6) is 0. The molecule has 1 heterocycles. The van der Waals surface area contributed by atoms with Gasteiger partial charge in [0.2, 0.25) is 0 Å². The molecule has 16 heavy (non-hydrogen) atoms. The highest BCUT2D eigenvalue weighted by Gasteiger charge is 2.21. The molecule has 3 rings (SSSR count). The fourth-order valence-corrected chi connectivity index (χ4v) is 3.04. The molecule has 0 spiro atoms. The molecular formula is C12H15N3S. The first kappa shape index (κ1) is 10.1. The topological polar surface area (TPSA) is 50.9 Å². The molecule has 1 aromatic heterocycles. The maximum absolute atomic E-state index is 5.90. The van der Waals surface area contributed by atoms with Gasteiger partial charge in [-0.05, 0) is 37.5 Å². The van der Waals surface area contributed by atoms with E-state index in [1.807, 2.05) is 5.51 Å². The molecule has 2 unspecified atom stereocenters. The minimum atomic E-state index is 0.379. The lowest BCUT2D eigenvalue weighted by molar-refractivity contribution is 0.688. The van der Waals surface area contributed by atoms with Crippen LogP contribution in [0.5, 0.6) is 0 Å². The molecule has 1 saturated carbocycles. The zero-order valence-corrected chi connectivity index (χ0v) is 9.83. The second-order valence-corrected chi connectivity index (χ2v) is 5.34. The fraction of sp³-hybridized carbons (Fsp3) is 0.417. The quantitative estimate of drug-likeness (QED) is 0.838. The van der Waals surface area contributed by atoms with E-state index < -0.39 is 0 Å². The third-order valence-electron chi connectivity index (χ3n) is 3.18. The molecule has 3 N–H and O–H groups in total. The maximum atomic E-state index is 5.90. The van der Waals surface area contributed by atoms with Gasteiger partial charge in [-0.3, -0.25) is 0 Å². The van der Waals surface area contributed by atoms with Gasteiger partial charge in [-0.1, -0.05) is 0 Å². The average molecular weight is 233 g/mol. The number of benzene rings is 1. The van der Waals surface area contributed by atoms with Crippen molar-refractivity contribution in [2.45, 2.75) is 31.3 Å². The zero-order valence-electron chi connectivity index (χ0n) is 9.02. The van der Waals surface area contributed by atoms with Crippen molar-refractivity contribution in [2.24, 2.45) is 5.73 Å². The van der Waals surface area contributed by atoms with Crippen molar-refractivity contribution >= 4 is 27.2 Å². The highest BCUT2D eigenvalue weighted by Crippen LogP contribution is 2.25. The van der Waals surface area contributed by atoms with Crippen LogP contribution < -0.4 is 11.1 Å². The number of hydrogen-bond acceptors (Lipinski definition) is 4. The first-order chi connectivity index (χ1) is 7.81. The number of nitrogens with one attached hydrogen (secondary N) is 1. The largest absolute Gasteiger partial charge is 0.382 e. The molecule has 2 aromatic rings. The highest BCUT2D eigenvalue weighted by atomic mass is 32.1. The van der Waals surface area contributed by atoms with E-state index in [1.165, 1.54) is 16.8 Å². The third kappa shape index (κ3) is 1.90. The minimum Gasteiger partial charge on any atom is -0.382 e. The van der Waals surface area contributed by atoms with Crippen LogP contribution in [0, 0.1) is 0 Å². The van der Waals surface area contributed by atoms with E-state index in [9.17, 15) is 0 Å². The highest BCUT2D eigenvalue weighted by molar-refractivity contribution is 7.16. The molecule has 0 bridgehead atoms. The summed E-state index contributed by atoms with van der Waals surface area (Å²) in [6.07, 6.45) is 3.41. The van der Waals surface area contributed by atoms with Gasteiger partial charge in [0.05, 0.1) is 15.7 Å². The van der Waals surface area contributed by atoms with E-state index in [0.29, 0.717) is 12.1 Å². The van der Waals surface area contributed by atoms with Gasteiger partial charge in [0.15, 0.2) is 0 Å². The molecule has 0 aliphatic heterocycles. The van der Waals surface area contributed by atoms with Crippen molar-refractivity contribution in [3.05, 3.63) is 23.7 Å². The van der Waals surface area contributed by atoms with Crippen molar-refractivity contribution in [3.63, 3.8) is 0 Å². The number of nitrogens with two attached hydrogens (primary N) is 1. The van der Waals surface area contributed by atoms with Gasteiger partial charge in [0.1, 0.15) is 0 Å². The lowest BCUT2D eigenvalue weighted by Crippen LogP contribution is -2.20. The van der Waals surface area contributed by atoms with Crippen LogP contribution in [0.1, 0.15) is 19.3 Å². The third-order valence-corrected chi connectivity index (χ3v) is 3.97. The van der Waals surface area contributed by atoms with Gasteiger partial charge in [-0.2, -0.15) is 0 Å². The van der Waals surface area contributed by atoms with Crippen molar-refractivity contribution in [1.82, 2.24) is 4.98 Å². The van der Waals surface area contributed by atoms with Crippen LogP contribution >= 0.6 is 11.3 Å². The monoisotopic (exact) mass is 233 g/mol. The summed E-state index contributed by atoms with van der Waals surface area (Å²) in [5.41, 5.74) is 10.1. The fourth-order valence-electron chi connectivity index (χ4n) is 2.33. The molecule has 1 aliphatic rings. The summed E-state index contributed by atoms with van der Waals surface area (Å²) >= 11 is 1.68. The molecule has 4 heteroatoms. The molecule has 1 aliphatic carbocycles. The Morgan fingerprint density at radius 2 is 2.31 bits per heavy atom. The molecule has 2 atom stereocenters. The number of fused-ring (bicyclic) bond motifs is 1. The molecular weight excluding hydrogens is 218 g/mol. The Labute approximate surface area is 98.7 Å². The number of nitrogens with zero attached hydrogens (tertiary/aromatic N) is 1. The van der Waals surface area contributed by atoms with Crippen LogP contribution in [0.4, 0.5) is 5.69 Å². The van der Waals surface area contributed by atoms with E-state index in [1.54, 1.807) is 11.3 Å². The van der Waals surface area contributed by atoms with Gasteiger partial charge in [-0.15, -0.1) is 11.3 Å². The Balaban J connectivity index is 1.78. The first-order valence-corrected chi connectivity index (χ1v) is 6.54. The second-order valence-electron chi connectivity index (χ2n) is 4.45. The van der Waals surface area contributed by atoms with Gasteiger partial charge < -0.3 is 11.1 Å². The molecule has 84 valence electrons. The minimum absolute atomic E-state index is 0.379. The molecule has 0 radical (unpaired) electrons. The lowest BCUT2D eigenvalue weighted by atomic mass is 10.2. The van der Waals surface area contributed by atoms with Crippen LogP contribution in [0.2, 0.25) is 0 Å². The zero-order chi connectivity index (χ0) is 11.0. The summed E-state index contributed by atoms with van der Waals surface area (Å²) in [5, 5.41) is 3.55. The predicted octanol–water partition coefficient (Wildman–Crippen LogP) is 2.59. The van der Waals surface area contributed by atoms with Gasteiger partial charge in [0, 0.05) is 17.8 Å². The second kappa shape index (κ2) is 4.03.